The zero-order valence-electron chi connectivity index (χ0n) is 11.0. The van der Waals surface area contributed by atoms with E-state index in [1.807, 2.05) is 24.3 Å². The van der Waals surface area contributed by atoms with E-state index in [1.54, 1.807) is 7.11 Å². The fourth-order valence-electron chi connectivity index (χ4n) is 2.01. The number of aryl methyl sites for hydroxylation is 1. The molecule has 0 aromatic heterocycles. The van der Waals surface area contributed by atoms with E-state index in [2.05, 4.69) is 13.8 Å². The molecule has 0 amide bonds. The molecular weight excluding hydrogens is 212 g/mol. The van der Waals surface area contributed by atoms with Crippen molar-refractivity contribution in [1.29, 1.82) is 0 Å². The SMILES string of the molecule is CCC(CC)C(=O)CCc1ccc(OC)cc1. The molecule has 0 spiro atoms. The first-order chi connectivity index (χ1) is 8.21. The summed E-state index contributed by atoms with van der Waals surface area (Å²) >= 11 is 0. The van der Waals surface area contributed by atoms with Crippen LogP contribution in [-0.4, -0.2) is 12.9 Å². The summed E-state index contributed by atoms with van der Waals surface area (Å²) in [6, 6.07) is 7.94. The number of carbonyl (C=O) groups excluding carboxylic acids is 1. The number of ether oxygens (including phenoxy) is 1. The maximum absolute atomic E-state index is 11.9. The van der Waals surface area contributed by atoms with Crippen molar-refractivity contribution in [3.63, 3.8) is 0 Å². The minimum Gasteiger partial charge on any atom is -0.497 e. The number of methoxy groups -OCH3 is 1. The van der Waals surface area contributed by atoms with E-state index in [0.29, 0.717) is 12.2 Å². The predicted molar refractivity (Wildman–Crippen MR) is 70.4 cm³/mol. The molecule has 2 nitrogen and oxygen atoms in total. The molecule has 0 aliphatic heterocycles. The lowest BCUT2D eigenvalue weighted by Gasteiger charge is -2.10. The Labute approximate surface area is 104 Å². The molecule has 0 heterocycles. The van der Waals surface area contributed by atoms with Crippen LogP contribution >= 0.6 is 0 Å². The van der Waals surface area contributed by atoms with Gasteiger partial charge in [0.25, 0.3) is 0 Å². The van der Waals surface area contributed by atoms with Crippen molar-refractivity contribution in [2.45, 2.75) is 39.5 Å². The van der Waals surface area contributed by atoms with Gasteiger partial charge in [-0.3, -0.25) is 4.79 Å². The van der Waals surface area contributed by atoms with Crippen molar-refractivity contribution in [3.8, 4) is 5.75 Å². The fourth-order valence-corrected chi connectivity index (χ4v) is 2.01. The van der Waals surface area contributed by atoms with E-state index in [9.17, 15) is 4.79 Å². The summed E-state index contributed by atoms with van der Waals surface area (Å²) in [5.41, 5.74) is 1.20. The van der Waals surface area contributed by atoms with Gasteiger partial charge in [0.15, 0.2) is 0 Å². The highest BCUT2D eigenvalue weighted by Crippen LogP contribution is 2.16. The molecule has 1 rings (SSSR count). The third kappa shape index (κ3) is 4.22. The van der Waals surface area contributed by atoms with Gasteiger partial charge in [-0.05, 0) is 37.0 Å². The van der Waals surface area contributed by atoms with Gasteiger partial charge in [-0.2, -0.15) is 0 Å². The predicted octanol–water partition coefficient (Wildman–Crippen LogP) is 3.63. The smallest absolute Gasteiger partial charge is 0.136 e. The molecule has 0 aliphatic carbocycles. The number of benzene rings is 1. The number of carbonyl (C=O) groups is 1. The molecule has 0 aliphatic rings. The third-order valence-corrected chi connectivity index (χ3v) is 3.26. The van der Waals surface area contributed by atoms with Crippen molar-refractivity contribution in [2.24, 2.45) is 5.92 Å². The molecular formula is C15H22O2. The van der Waals surface area contributed by atoms with Crippen LogP contribution in [0, 0.1) is 5.92 Å². The van der Waals surface area contributed by atoms with Gasteiger partial charge < -0.3 is 4.74 Å². The van der Waals surface area contributed by atoms with Gasteiger partial charge >= 0.3 is 0 Å². The molecule has 2 heteroatoms. The van der Waals surface area contributed by atoms with Crippen LogP contribution in [0.15, 0.2) is 24.3 Å². The van der Waals surface area contributed by atoms with Crippen LogP contribution in [0.1, 0.15) is 38.7 Å². The third-order valence-electron chi connectivity index (χ3n) is 3.26. The van der Waals surface area contributed by atoms with Crippen LogP contribution in [-0.2, 0) is 11.2 Å². The molecule has 17 heavy (non-hydrogen) atoms. The molecule has 0 atom stereocenters. The average Bonchev–Trinajstić information content (AvgIpc) is 2.38. The van der Waals surface area contributed by atoms with Gasteiger partial charge in [0.05, 0.1) is 7.11 Å². The summed E-state index contributed by atoms with van der Waals surface area (Å²) in [4.78, 5) is 11.9. The Hall–Kier alpha value is -1.31. The second-order valence-corrected chi connectivity index (χ2v) is 4.33. The van der Waals surface area contributed by atoms with Crippen molar-refractivity contribution >= 4 is 5.78 Å². The maximum atomic E-state index is 11.9. The number of ketones is 1. The standard InChI is InChI=1S/C15H22O2/c1-4-13(5-2)15(16)11-8-12-6-9-14(17-3)10-7-12/h6-7,9-10,13H,4-5,8,11H2,1-3H3. The molecule has 0 N–H and O–H groups in total. The number of rotatable bonds is 7. The summed E-state index contributed by atoms with van der Waals surface area (Å²) in [5, 5.41) is 0. The lowest BCUT2D eigenvalue weighted by Crippen LogP contribution is -2.13. The Balaban J connectivity index is 2.46. The van der Waals surface area contributed by atoms with Gasteiger partial charge in [-0.25, -0.2) is 0 Å². The molecule has 94 valence electrons. The van der Waals surface area contributed by atoms with Crippen molar-refractivity contribution in [1.82, 2.24) is 0 Å². The van der Waals surface area contributed by atoms with Crippen LogP contribution in [0.2, 0.25) is 0 Å². The van der Waals surface area contributed by atoms with E-state index in [1.165, 1.54) is 5.56 Å². The molecule has 1 aromatic rings. The van der Waals surface area contributed by atoms with Gasteiger partial charge in [0.2, 0.25) is 0 Å². The second-order valence-electron chi connectivity index (χ2n) is 4.33. The Morgan fingerprint density at radius 1 is 1.18 bits per heavy atom. The Kier molecular flexibility index (Phi) is 5.75. The second kappa shape index (κ2) is 7.10. The summed E-state index contributed by atoms with van der Waals surface area (Å²) in [7, 11) is 1.66. The zero-order chi connectivity index (χ0) is 12.7. The number of Topliss-reactive ketones (excluding diaryl/α,β-unsaturated/α-hetero) is 1. The minimum atomic E-state index is 0.244. The highest BCUT2D eigenvalue weighted by Gasteiger charge is 2.13. The lowest BCUT2D eigenvalue weighted by atomic mass is 9.94. The van der Waals surface area contributed by atoms with Gasteiger partial charge in [0.1, 0.15) is 11.5 Å². The van der Waals surface area contributed by atoms with Gasteiger partial charge in [-0.1, -0.05) is 26.0 Å². The zero-order valence-corrected chi connectivity index (χ0v) is 11.0. The minimum absolute atomic E-state index is 0.244. The van der Waals surface area contributed by atoms with E-state index in [-0.39, 0.29) is 5.92 Å². The summed E-state index contributed by atoms with van der Waals surface area (Å²) in [6.07, 6.45) is 3.40. The van der Waals surface area contributed by atoms with Gasteiger partial charge in [-0.15, -0.1) is 0 Å². The summed E-state index contributed by atoms with van der Waals surface area (Å²) in [5.74, 6) is 1.50. The van der Waals surface area contributed by atoms with E-state index < -0.39 is 0 Å². The molecule has 0 fully saturated rings. The summed E-state index contributed by atoms with van der Waals surface area (Å²) in [6.45, 7) is 4.17. The monoisotopic (exact) mass is 234 g/mol. The first-order valence-corrected chi connectivity index (χ1v) is 6.36. The first-order valence-electron chi connectivity index (χ1n) is 6.36. The Morgan fingerprint density at radius 2 is 1.76 bits per heavy atom. The molecule has 0 radical (unpaired) electrons. The van der Waals surface area contributed by atoms with Crippen LogP contribution < -0.4 is 4.74 Å². The summed E-state index contributed by atoms with van der Waals surface area (Å²) < 4.78 is 5.10. The quantitative estimate of drug-likeness (QED) is 0.720. The largest absolute Gasteiger partial charge is 0.497 e. The van der Waals surface area contributed by atoms with E-state index in [0.717, 1.165) is 25.0 Å². The lowest BCUT2D eigenvalue weighted by molar-refractivity contribution is -0.123. The topological polar surface area (TPSA) is 26.3 Å². The van der Waals surface area contributed by atoms with Crippen LogP contribution in [0.5, 0.6) is 5.75 Å². The van der Waals surface area contributed by atoms with Crippen molar-refractivity contribution in [2.75, 3.05) is 7.11 Å². The molecule has 0 saturated heterocycles. The van der Waals surface area contributed by atoms with Crippen LogP contribution in [0.25, 0.3) is 0 Å². The highest BCUT2D eigenvalue weighted by molar-refractivity contribution is 5.81. The normalized spacial score (nSPS) is 10.6. The van der Waals surface area contributed by atoms with Crippen molar-refractivity contribution in [3.05, 3.63) is 29.8 Å². The van der Waals surface area contributed by atoms with E-state index >= 15 is 0 Å². The van der Waals surface area contributed by atoms with Gasteiger partial charge in [0, 0.05) is 12.3 Å². The number of hydrogen-bond donors (Lipinski definition) is 0. The molecule has 0 unspecified atom stereocenters. The van der Waals surface area contributed by atoms with Crippen molar-refractivity contribution < 1.29 is 9.53 Å². The Bertz CT molecular complexity index is 336. The number of hydrogen-bond acceptors (Lipinski definition) is 2. The van der Waals surface area contributed by atoms with Crippen LogP contribution in [0.4, 0.5) is 0 Å². The molecule has 0 bridgehead atoms. The molecule has 0 saturated carbocycles. The Morgan fingerprint density at radius 3 is 2.24 bits per heavy atom. The molecule has 1 aromatic carbocycles. The first kappa shape index (κ1) is 13.8. The van der Waals surface area contributed by atoms with E-state index in [4.69, 9.17) is 4.74 Å². The van der Waals surface area contributed by atoms with Crippen LogP contribution in [0.3, 0.4) is 0 Å². The highest BCUT2D eigenvalue weighted by atomic mass is 16.5. The maximum Gasteiger partial charge on any atom is 0.136 e. The average molecular weight is 234 g/mol. The fraction of sp³-hybridized carbons (Fsp3) is 0.533.